The smallest absolute Gasteiger partial charge is 0.215 e. The summed E-state index contributed by atoms with van der Waals surface area (Å²) in [4.78, 5) is 0. The molecule has 0 aromatic rings. The first-order chi connectivity index (χ1) is 8.99. The maximum atomic E-state index is 12.6. The lowest BCUT2D eigenvalue weighted by Gasteiger charge is -2.28. The first-order valence-electron chi connectivity index (χ1n) is 7.72. The summed E-state index contributed by atoms with van der Waals surface area (Å²) in [5, 5.41) is 3.35. The Hall–Kier alpha value is -0.130. The number of piperidine rings is 1. The zero-order chi connectivity index (χ0) is 13.9. The highest BCUT2D eigenvalue weighted by molar-refractivity contribution is 7.89. The fourth-order valence-corrected chi connectivity index (χ4v) is 4.75. The molecule has 19 heavy (non-hydrogen) atoms. The largest absolute Gasteiger partial charge is 0.313 e. The maximum absolute atomic E-state index is 12.6. The van der Waals surface area contributed by atoms with E-state index in [-0.39, 0.29) is 6.04 Å². The Morgan fingerprint density at radius 3 is 2.47 bits per heavy atom. The molecule has 5 heteroatoms. The first-order valence-corrected chi connectivity index (χ1v) is 9.33. The van der Waals surface area contributed by atoms with Gasteiger partial charge in [0.1, 0.15) is 0 Å². The summed E-state index contributed by atoms with van der Waals surface area (Å²) in [7, 11) is -3.08. The fraction of sp³-hybridized carbons (Fsp3) is 1.00. The van der Waals surface area contributed by atoms with Crippen LogP contribution >= 0.6 is 0 Å². The van der Waals surface area contributed by atoms with Crippen molar-refractivity contribution in [2.24, 2.45) is 5.92 Å². The van der Waals surface area contributed by atoms with Gasteiger partial charge in [-0.3, -0.25) is 0 Å². The van der Waals surface area contributed by atoms with Crippen LogP contribution in [0.3, 0.4) is 0 Å². The molecule has 1 unspecified atom stereocenters. The quantitative estimate of drug-likeness (QED) is 0.779. The van der Waals surface area contributed by atoms with Crippen molar-refractivity contribution < 1.29 is 8.42 Å². The first kappa shape index (κ1) is 15.3. The lowest BCUT2D eigenvalue weighted by atomic mass is 10.1. The lowest BCUT2D eigenvalue weighted by molar-refractivity contribution is 0.362. The summed E-state index contributed by atoms with van der Waals surface area (Å²) < 4.78 is 27.0. The van der Waals surface area contributed by atoms with Gasteiger partial charge in [-0.1, -0.05) is 20.3 Å². The van der Waals surface area contributed by atoms with Gasteiger partial charge in [0, 0.05) is 18.6 Å². The number of rotatable bonds is 7. The van der Waals surface area contributed by atoms with E-state index in [9.17, 15) is 8.42 Å². The molecule has 0 radical (unpaired) electrons. The fourth-order valence-electron chi connectivity index (χ4n) is 2.71. The standard InChI is InChI=1S/C14H28N2O2S/c1-12(2)8-10-16(14-6-7-14)19(17,18)11-13-5-3-4-9-15-13/h12-15H,3-11H2,1-2H3. The van der Waals surface area contributed by atoms with E-state index in [0.29, 0.717) is 24.3 Å². The van der Waals surface area contributed by atoms with Gasteiger partial charge in [0.2, 0.25) is 10.0 Å². The minimum absolute atomic E-state index is 0.166. The van der Waals surface area contributed by atoms with Gasteiger partial charge in [0.15, 0.2) is 0 Å². The van der Waals surface area contributed by atoms with Crippen molar-refractivity contribution in [1.82, 2.24) is 9.62 Å². The molecule has 0 amide bonds. The SMILES string of the molecule is CC(C)CCN(C1CC1)S(=O)(=O)CC1CCCCN1. The van der Waals surface area contributed by atoms with Crippen LogP contribution in [-0.4, -0.2) is 43.6 Å². The van der Waals surface area contributed by atoms with Crippen molar-refractivity contribution in [3.05, 3.63) is 0 Å². The normalized spacial score (nSPS) is 25.2. The third-order valence-corrected chi connectivity index (χ3v) is 6.08. The summed E-state index contributed by atoms with van der Waals surface area (Å²) >= 11 is 0. The van der Waals surface area contributed by atoms with Crippen molar-refractivity contribution in [3.63, 3.8) is 0 Å². The van der Waals surface area contributed by atoms with Crippen LogP contribution in [0.5, 0.6) is 0 Å². The van der Waals surface area contributed by atoms with Crippen molar-refractivity contribution in [1.29, 1.82) is 0 Å². The number of hydrogen-bond donors (Lipinski definition) is 1. The Bertz CT molecular complexity index is 371. The molecule has 1 saturated carbocycles. The van der Waals surface area contributed by atoms with Gasteiger partial charge in [-0.2, -0.15) is 4.31 Å². The maximum Gasteiger partial charge on any atom is 0.215 e. The van der Waals surface area contributed by atoms with E-state index in [1.165, 1.54) is 6.42 Å². The topological polar surface area (TPSA) is 49.4 Å². The van der Waals surface area contributed by atoms with E-state index in [4.69, 9.17) is 0 Å². The van der Waals surface area contributed by atoms with Crippen LogP contribution in [0.15, 0.2) is 0 Å². The van der Waals surface area contributed by atoms with Crippen LogP contribution in [0.4, 0.5) is 0 Å². The van der Waals surface area contributed by atoms with E-state index in [1.807, 2.05) is 0 Å². The summed E-state index contributed by atoms with van der Waals surface area (Å²) in [5.41, 5.74) is 0. The second kappa shape index (κ2) is 6.55. The molecular weight excluding hydrogens is 260 g/mol. The Morgan fingerprint density at radius 2 is 1.95 bits per heavy atom. The van der Waals surface area contributed by atoms with Gasteiger partial charge in [-0.25, -0.2) is 8.42 Å². The van der Waals surface area contributed by atoms with Gasteiger partial charge >= 0.3 is 0 Å². The summed E-state index contributed by atoms with van der Waals surface area (Å²) in [5.74, 6) is 0.853. The molecule has 0 bridgehead atoms. The molecule has 2 fully saturated rings. The highest BCUT2D eigenvalue weighted by Crippen LogP contribution is 2.30. The monoisotopic (exact) mass is 288 g/mol. The van der Waals surface area contributed by atoms with Crippen LogP contribution in [-0.2, 0) is 10.0 Å². The van der Waals surface area contributed by atoms with E-state index in [0.717, 1.165) is 38.6 Å². The predicted molar refractivity (Wildman–Crippen MR) is 78.6 cm³/mol. The van der Waals surface area contributed by atoms with Crippen LogP contribution in [0.25, 0.3) is 0 Å². The van der Waals surface area contributed by atoms with Gasteiger partial charge in [0.25, 0.3) is 0 Å². The Balaban J connectivity index is 1.93. The highest BCUT2D eigenvalue weighted by Gasteiger charge is 2.37. The summed E-state index contributed by atoms with van der Waals surface area (Å²) in [6, 6.07) is 0.464. The molecule has 0 aromatic heterocycles. The van der Waals surface area contributed by atoms with E-state index in [2.05, 4.69) is 19.2 Å². The molecule has 0 aromatic carbocycles. The molecule has 0 spiro atoms. The van der Waals surface area contributed by atoms with Gasteiger partial charge in [0.05, 0.1) is 5.75 Å². The average molecular weight is 288 g/mol. The molecule has 1 aliphatic carbocycles. The third kappa shape index (κ3) is 4.72. The van der Waals surface area contributed by atoms with Gasteiger partial charge in [-0.05, 0) is 44.6 Å². The Labute approximate surface area is 118 Å². The number of nitrogens with zero attached hydrogens (tertiary/aromatic N) is 1. The number of hydrogen-bond acceptors (Lipinski definition) is 3. The molecular formula is C14H28N2O2S. The molecule has 4 nitrogen and oxygen atoms in total. The minimum atomic E-state index is -3.08. The molecule has 112 valence electrons. The zero-order valence-electron chi connectivity index (χ0n) is 12.3. The number of nitrogens with one attached hydrogen (secondary N) is 1. The van der Waals surface area contributed by atoms with Crippen molar-refractivity contribution in [2.45, 2.75) is 64.5 Å². The van der Waals surface area contributed by atoms with Crippen molar-refractivity contribution in [3.8, 4) is 0 Å². The second-order valence-corrected chi connectivity index (χ2v) is 8.42. The Morgan fingerprint density at radius 1 is 1.21 bits per heavy atom. The van der Waals surface area contributed by atoms with Crippen LogP contribution in [0.2, 0.25) is 0 Å². The minimum Gasteiger partial charge on any atom is -0.313 e. The average Bonchev–Trinajstić information content (AvgIpc) is 3.13. The molecule has 2 rings (SSSR count). The molecule has 1 saturated heterocycles. The highest BCUT2D eigenvalue weighted by atomic mass is 32.2. The van der Waals surface area contributed by atoms with Crippen LogP contribution in [0, 0.1) is 5.92 Å². The summed E-state index contributed by atoms with van der Waals surface area (Å²) in [6.45, 7) is 5.98. The van der Waals surface area contributed by atoms with Gasteiger partial charge in [-0.15, -0.1) is 0 Å². The predicted octanol–water partition coefficient (Wildman–Crippen LogP) is 1.97. The van der Waals surface area contributed by atoms with E-state index >= 15 is 0 Å². The number of sulfonamides is 1. The van der Waals surface area contributed by atoms with Gasteiger partial charge < -0.3 is 5.32 Å². The van der Waals surface area contributed by atoms with E-state index < -0.39 is 10.0 Å². The molecule has 1 heterocycles. The molecule has 1 aliphatic heterocycles. The van der Waals surface area contributed by atoms with E-state index in [1.54, 1.807) is 4.31 Å². The zero-order valence-corrected chi connectivity index (χ0v) is 13.1. The Kier molecular flexibility index (Phi) is 5.26. The summed E-state index contributed by atoms with van der Waals surface area (Å²) in [6.07, 6.45) is 6.40. The lowest BCUT2D eigenvalue weighted by Crippen LogP contribution is -2.45. The van der Waals surface area contributed by atoms with Crippen molar-refractivity contribution in [2.75, 3.05) is 18.8 Å². The second-order valence-electron chi connectivity index (χ2n) is 6.45. The third-order valence-electron chi connectivity index (χ3n) is 4.06. The van der Waals surface area contributed by atoms with Crippen molar-refractivity contribution >= 4 is 10.0 Å². The van der Waals surface area contributed by atoms with Crippen LogP contribution in [0.1, 0.15) is 52.4 Å². The molecule has 1 atom stereocenters. The van der Waals surface area contributed by atoms with Crippen LogP contribution < -0.4 is 5.32 Å². The molecule has 1 N–H and O–H groups in total. The molecule has 2 aliphatic rings.